The number of aromatic amines is 1. The molecule has 9 heteroatoms. The van der Waals surface area contributed by atoms with Gasteiger partial charge in [-0.15, -0.1) is 0 Å². The Bertz CT molecular complexity index is 1360. The van der Waals surface area contributed by atoms with Crippen molar-refractivity contribution >= 4 is 40.1 Å². The van der Waals surface area contributed by atoms with E-state index in [1.54, 1.807) is 23.2 Å². The van der Waals surface area contributed by atoms with Gasteiger partial charge in [0.2, 0.25) is 0 Å². The number of H-pyrrole nitrogens is 1. The van der Waals surface area contributed by atoms with Gasteiger partial charge in [-0.1, -0.05) is 23.7 Å². The van der Waals surface area contributed by atoms with Crippen molar-refractivity contribution in [1.82, 2.24) is 24.6 Å². The molecule has 2 unspecified atom stereocenters. The van der Waals surface area contributed by atoms with Crippen molar-refractivity contribution < 1.29 is 14.4 Å². The molecule has 0 aliphatic carbocycles. The molecule has 2 saturated heterocycles. The van der Waals surface area contributed by atoms with E-state index in [1.165, 1.54) is 0 Å². The molecule has 2 atom stereocenters. The number of hydrogen-bond donors (Lipinski definition) is 1. The van der Waals surface area contributed by atoms with Crippen LogP contribution in [0.2, 0.25) is 5.02 Å². The van der Waals surface area contributed by atoms with E-state index in [2.05, 4.69) is 34.7 Å². The quantitative estimate of drug-likeness (QED) is 0.399. The van der Waals surface area contributed by atoms with Crippen LogP contribution in [-0.4, -0.2) is 101 Å². The number of fused-ring (bicyclic) bond motifs is 1. The molecule has 3 heterocycles. The molecule has 2 amide bonds. The number of Topliss-reactive ketones (excluding diaryl/α,β-unsaturated/α-hetero) is 1. The van der Waals surface area contributed by atoms with Gasteiger partial charge in [0.05, 0.1) is 5.56 Å². The van der Waals surface area contributed by atoms with E-state index in [-0.39, 0.29) is 18.0 Å². The number of nitrogens with one attached hydrogen (secondary N) is 1. The minimum absolute atomic E-state index is 0.0136. The Kier molecular flexibility index (Phi) is 7.56. The van der Waals surface area contributed by atoms with Crippen molar-refractivity contribution in [2.24, 2.45) is 0 Å². The van der Waals surface area contributed by atoms with Crippen LogP contribution in [0.3, 0.4) is 0 Å². The fourth-order valence-electron chi connectivity index (χ4n) is 5.45. The molecule has 0 saturated carbocycles. The van der Waals surface area contributed by atoms with E-state index in [9.17, 15) is 14.4 Å². The summed E-state index contributed by atoms with van der Waals surface area (Å²) in [6, 6.07) is 13.4. The average molecular weight is 536 g/mol. The third kappa shape index (κ3) is 5.34. The highest BCUT2D eigenvalue weighted by atomic mass is 35.5. The third-order valence-corrected chi connectivity index (χ3v) is 8.04. The van der Waals surface area contributed by atoms with Crippen LogP contribution in [0, 0.1) is 0 Å². The second-order valence-electron chi connectivity index (χ2n) is 10.6. The number of aromatic nitrogens is 1. The number of hydrogen-bond acceptors (Lipinski definition) is 5. The fraction of sp³-hybridized carbons (Fsp3) is 0.414. The van der Waals surface area contributed by atoms with Gasteiger partial charge in [0.1, 0.15) is 0 Å². The molecule has 1 N–H and O–H groups in total. The van der Waals surface area contributed by atoms with Crippen LogP contribution in [0.1, 0.15) is 40.1 Å². The first kappa shape index (κ1) is 26.4. The Hall–Kier alpha value is -3.20. The van der Waals surface area contributed by atoms with Gasteiger partial charge in [-0.2, -0.15) is 0 Å². The summed E-state index contributed by atoms with van der Waals surface area (Å²) in [6.45, 7) is 8.87. The number of nitrogens with zero attached hydrogens (tertiary/aromatic N) is 4. The minimum Gasteiger partial charge on any atom is -0.360 e. The second kappa shape index (κ2) is 10.9. The lowest BCUT2D eigenvalue weighted by Crippen LogP contribution is -2.57. The van der Waals surface area contributed by atoms with Gasteiger partial charge < -0.3 is 19.7 Å². The van der Waals surface area contributed by atoms with E-state index < -0.39 is 11.7 Å². The molecule has 2 aliphatic heterocycles. The van der Waals surface area contributed by atoms with Crippen LogP contribution < -0.4 is 0 Å². The van der Waals surface area contributed by atoms with Crippen molar-refractivity contribution in [2.45, 2.75) is 32.5 Å². The largest absolute Gasteiger partial charge is 0.360 e. The van der Waals surface area contributed by atoms with E-state index in [4.69, 9.17) is 11.6 Å². The van der Waals surface area contributed by atoms with Gasteiger partial charge in [0, 0.05) is 85.6 Å². The molecule has 3 aromatic rings. The molecule has 8 nitrogen and oxygen atoms in total. The topological polar surface area (TPSA) is 80.0 Å². The Balaban J connectivity index is 1.31. The first-order valence-corrected chi connectivity index (χ1v) is 13.5. The Morgan fingerprint density at radius 3 is 2.47 bits per heavy atom. The summed E-state index contributed by atoms with van der Waals surface area (Å²) in [7, 11) is 2.00. The van der Waals surface area contributed by atoms with Crippen LogP contribution in [0.5, 0.6) is 0 Å². The van der Waals surface area contributed by atoms with Crippen LogP contribution in [0.15, 0.2) is 48.7 Å². The van der Waals surface area contributed by atoms with Crippen LogP contribution in [0.25, 0.3) is 10.9 Å². The molecule has 200 valence electrons. The van der Waals surface area contributed by atoms with Crippen molar-refractivity contribution in [2.75, 3.05) is 46.3 Å². The van der Waals surface area contributed by atoms with E-state index in [0.717, 1.165) is 42.3 Å². The highest BCUT2D eigenvalue weighted by Crippen LogP contribution is 2.25. The van der Waals surface area contributed by atoms with Crippen LogP contribution in [-0.2, 0) is 11.3 Å². The second-order valence-corrected chi connectivity index (χ2v) is 11.0. The monoisotopic (exact) mass is 535 g/mol. The molecule has 38 heavy (non-hydrogen) atoms. The Morgan fingerprint density at radius 1 is 0.974 bits per heavy atom. The molecule has 2 aromatic carbocycles. The predicted octanol–water partition coefficient (Wildman–Crippen LogP) is 3.51. The van der Waals surface area contributed by atoms with Gasteiger partial charge in [-0.25, -0.2) is 0 Å². The SMILES string of the molecule is CC1CN(C(=O)c2ccc3[nH]cc(C(=O)C(=O)N4CCN(C)CC4)c3c2)C(C)CN1Cc1cccc(Cl)c1. The maximum atomic E-state index is 13.6. The van der Waals surface area contributed by atoms with E-state index in [0.29, 0.717) is 36.1 Å². The van der Waals surface area contributed by atoms with Gasteiger partial charge in [-0.05, 0) is 56.8 Å². The fourth-order valence-corrected chi connectivity index (χ4v) is 5.66. The number of benzene rings is 2. The third-order valence-electron chi connectivity index (χ3n) is 7.81. The summed E-state index contributed by atoms with van der Waals surface area (Å²) < 4.78 is 0. The van der Waals surface area contributed by atoms with Crippen LogP contribution in [0.4, 0.5) is 0 Å². The number of piperazine rings is 2. The first-order chi connectivity index (χ1) is 18.2. The molecule has 0 bridgehead atoms. The maximum absolute atomic E-state index is 13.6. The lowest BCUT2D eigenvalue weighted by Gasteiger charge is -2.44. The number of carbonyl (C=O) groups excluding carboxylic acids is 3. The minimum atomic E-state index is -0.540. The van der Waals surface area contributed by atoms with Crippen LogP contribution >= 0.6 is 11.6 Å². The first-order valence-electron chi connectivity index (χ1n) is 13.1. The number of halogens is 1. The average Bonchev–Trinajstić information content (AvgIpc) is 3.33. The molecule has 2 aliphatic rings. The smallest absolute Gasteiger partial charge is 0.295 e. The van der Waals surface area contributed by atoms with Gasteiger partial charge in [-0.3, -0.25) is 19.3 Å². The van der Waals surface area contributed by atoms with Crippen molar-refractivity contribution in [3.05, 3.63) is 70.4 Å². The molecule has 0 spiro atoms. The molecular weight excluding hydrogens is 502 g/mol. The lowest BCUT2D eigenvalue weighted by atomic mass is 10.0. The van der Waals surface area contributed by atoms with E-state index >= 15 is 0 Å². The summed E-state index contributed by atoms with van der Waals surface area (Å²) in [5.74, 6) is -1.10. The van der Waals surface area contributed by atoms with Crippen molar-refractivity contribution in [3.8, 4) is 0 Å². The van der Waals surface area contributed by atoms with Gasteiger partial charge >= 0.3 is 0 Å². The summed E-state index contributed by atoms with van der Waals surface area (Å²) in [5, 5.41) is 1.32. The number of carbonyl (C=O) groups is 3. The van der Waals surface area contributed by atoms with E-state index in [1.807, 2.05) is 36.2 Å². The summed E-state index contributed by atoms with van der Waals surface area (Å²) in [5.41, 5.74) is 2.70. The standard InChI is InChI=1S/C29H34ClN5O3/c1-19-17-35(20(2)16-34(19)18-21-5-4-6-23(30)13-21)28(37)22-7-8-26-24(14-22)25(15-31-26)27(36)29(38)33-11-9-32(3)10-12-33/h4-8,13-15,19-20,31H,9-12,16-18H2,1-3H3. The molecule has 1 aromatic heterocycles. The maximum Gasteiger partial charge on any atom is 0.295 e. The number of rotatable bonds is 5. The normalized spacial score (nSPS) is 21.2. The van der Waals surface area contributed by atoms with Crippen molar-refractivity contribution in [1.29, 1.82) is 0 Å². The Labute approximate surface area is 228 Å². The number of ketones is 1. The highest BCUT2D eigenvalue weighted by molar-refractivity contribution is 6.45. The highest BCUT2D eigenvalue weighted by Gasteiger charge is 2.33. The Morgan fingerprint density at radius 2 is 1.74 bits per heavy atom. The zero-order valence-corrected chi connectivity index (χ0v) is 22.9. The van der Waals surface area contributed by atoms with Gasteiger partial charge in [0.15, 0.2) is 0 Å². The number of likely N-dealkylation sites (N-methyl/N-ethyl adjacent to an activating group) is 1. The predicted molar refractivity (Wildman–Crippen MR) is 149 cm³/mol. The summed E-state index contributed by atoms with van der Waals surface area (Å²) in [4.78, 5) is 50.8. The molecule has 2 fully saturated rings. The number of amides is 2. The zero-order valence-electron chi connectivity index (χ0n) is 22.1. The van der Waals surface area contributed by atoms with Crippen molar-refractivity contribution in [3.63, 3.8) is 0 Å². The zero-order chi connectivity index (χ0) is 27.0. The molecule has 0 radical (unpaired) electrons. The lowest BCUT2D eigenvalue weighted by molar-refractivity contribution is -0.127. The molecular formula is C29H34ClN5O3. The molecule has 5 rings (SSSR count). The summed E-state index contributed by atoms with van der Waals surface area (Å²) >= 11 is 6.17. The summed E-state index contributed by atoms with van der Waals surface area (Å²) in [6.07, 6.45) is 1.58. The van der Waals surface area contributed by atoms with Gasteiger partial charge in [0.25, 0.3) is 17.6 Å².